The zero-order chi connectivity index (χ0) is 11.3. The lowest BCUT2D eigenvalue weighted by molar-refractivity contribution is -0.140. The lowest BCUT2D eigenvalue weighted by Gasteiger charge is -2.25. The summed E-state index contributed by atoms with van der Waals surface area (Å²) in [5, 5.41) is 2.43. The molecule has 0 aliphatic carbocycles. The first-order valence-electron chi connectivity index (χ1n) is 4.55. The van der Waals surface area contributed by atoms with Gasteiger partial charge < -0.3 is 14.8 Å². The number of hydrazine groups is 1. The number of carbonyl (C=O) groups is 2. The van der Waals surface area contributed by atoms with Gasteiger partial charge in [0.15, 0.2) is 0 Å². The van der Waals surface area contributed by atoms with Crippen molar-refractivity contribution >= 4 is 11.8 Å². The van der Waals surface area contributed by atoms with E-state index in [1.807, 2.05) is 0 Å². The summed E-state index contributed by atoms with van der Waals surface area (Å²) in [6.45, 7) is 1.23. The van der Waals surface area contributed by atoms with Gasteiger partial charge in [-0.3, -0.25) is 15.0 Å². The van der Waals surface area contributed by atoms with Crippen LogP contribution in [0.1, 0.15) is 6.42 Å². The van der Waals surface area contributed by atoms with Gasteiger partial charge in [0.25, 0.3) is 0 Å². The molecule has 15 heavy (non-hydrogen) atoms. The molecule has 4 N–H and O–H groups in total. The molecule has 0 saturated carbocycles. The number of hydrogen-bond donors (Lipinski definition) is 3. The molecule has 0 radical (unpaired) electrons. The topological polar surface area (TPSA) is 103 Å². The molecule has 7 nitrogen and oxygen atoms in total. The molecule has 2 amide bonds. The van der Waals surface area contributed by atoms with Crippen molar-refractivity contribution in [2.75, 3.05) is 26.9 Å². The molecule has 1 aliphatic heterocycles. The van der Waals surface area contributed by atoms with Gasteiger partial charge in [-0.25, -0.2) is 5.84 Å². The second-order valence-corrected chi connectivity index (χ2v) is 3.35. The third-order valence-electron chi connectivity index (χ3n) is 2.41. The summed E-state index contributed by atoms with van der Waals surface area (Å²) < 4.78 is 10.4. The number of hydrogen-bond acceptors (Lipinski definition) is 5. The highest BCUT2D eigenvalue weighted by Gasteiger charge is 2.35. The highest BCUT2D eigenvalue weighted by atomic mass is 16.5. The van der Waals surface area contributed by atoms with Gasteiger partial charge >= 0.3 is 11.8 Å². The van der Waals surface area contributed by atoms with Crippen molar-refractivity contribution in [2.24, 2.45) is 5.84 Å². The first kappa shape index (κ1) is 11.9. The molecular weight excluding hydrogens is 202 g/mol. The van der Waals surface area contributed by atoms with E-state index in [1.165, 1.54) is 0 Å². The minimum absolute atomic E-state index is 0.232. The van der Waals surface area contributed by atoms with Crippen molar-refractivity contribution in [3.63, 3.8) is 0 Å². The van der Waals surface area contributed by atoms with E-state index in [2.05, 4.69) is 5.32 Å². The molecule has 0 aromatic rings. The molecule has 86 valence electrons. The monoisotopic (exact) mass is 217 g/mol. The van der Waals surface area contributed by atoms with Crippen molar-refractivity contribution in [3.05, 3.63) is 0 Å². The van der Waals surface area contributed by atoms with E-state index in [-0.39, 0.29) is 6.54 Å². The summed E-state index contributed by atoms with van der Waals surface area (Å²) in [4.78, 5) is 21.9. The molecule has 1 rings (SSSR count). The average Bonchev–Trinajstić information content (AvgIpc) is 2.74. The number of nitrogens with one attached hydrogen (secondary N) is 2. The van der Waals surface area contributed by atoms with Crippen LogP contribution in [0.25, 0.3) is 0 Å². The average molecular weight is 217 g/mol. The van der Waals surface area contributed by atoms with Crippen molar-refractivity contribution in [3.8, 4) is 0 Å². The fraction of sp³-hybridized carbons (Fsp3) is 0.750. The summed E-state index contributed by atoms with van der Waals surface area (Å²) in [5.74, 6) is 3.15. The third kappa shape index (κ3) is 2.88. The van der Waals surface area contributed by atoms with Gasteiger partial charge in [-0.1, -0.05) is 0 Å². The number of carbonyl (C=O) groups excluding carboxylic acids is 2. The molecule has 0 aromatic heterocycles. The molecule has 1 fully saturated rings. The first-order valence-corrected chi connectivity index (χ1v) is 4.55. The quantitative estimate of drug-likeness (QED) is 0.217. The maximum atomic E-state index is 11.1. The molecule has 0 spiro atoms. The van der Waals surface area contributed by atoms with Gasteiger partial charge in [0.05, 0.1) is 6.61 Å². The summed E-state index contributed by atoms with van der Waals surface area (Å²) in [6.07, 6.45) is 0.689. The van der Waals surface area contributed by atoms with Crippen LogP contribution >= 0.6 is 0 Å². The number of ether oxygens (including phenoxy) is 2. The zero-order valence-electron chi connectivity index (χ0n) is 8.54. The fourth-order valence-electron chi connectivity index (χ4n) is 1.35. The van der Waals surface area contributed by atoms with E-state index in [9.17, 15) is 9.59 Å². The van der Waals surface area contributed by atoms with Gasteiger partial charge in [0, 0.05) is 26.7 Å². The van der Waals surface area contributed by atoms with E-state index < -0.39 is 17.4 Å². The lowest BCUT2D eigenvalue weighted by Crippen LogP contribution is -2.50. The Balaban J connectivity index is 2.41. The Morgan fingerprint density at radius 3 is 2.73 bits per heavy atom. The van der Waals surface area contributed by atoms with Crippen LogP contribution in [0.4, 0.5) is 0 Å². The third-order valence-corrected chi connectivity index (χ3v) is 2.41. The number of methoxy groups -OCH3 is 1. The van der Waals surface area contributed by atoms with E-state index >= 15 is 0 Å². The van der Waals surface area contributed by atoms with Crippen LogP contribution in [-0.2, 0) is 19.1 Å². The van der Waals surface area contributed by atoms with Gasteiger partial charge in [0.1, 0.15) is 5.60 Å². The standard InChI is InChI=1S/C8H15N3O4/c1-14-8(2-3-15-5-8)4-10-6(12)7(13)11-9/h2-5,9H2,1H3,(H,10,12)(H,11,13). The van der Waals surface area contributed by atoms with Crippen LogP contribution in [-0.4, -0.2) is 44.3 Å². The highest BCUT2D eigenvalue weighted by Crippen LogP contribution is 2.21. The molecule has 1 unspecified atom stereocenters. The summed E-state index contributed by atoms with van der Waals surface area (Å²) in [5.41, 5.74) is 1.22. The van der Waals surface area contributed by atoms with Gasteiger partial charge in [-0.2, -0.15) is 0 Å². The molecule has 1 atom stereocenters. The molecule has 1 saturated heterocycles. The van der Waals surface area contributed by atoms with Crippen molar-refractivity contribution in [2.45, 2.75) is 12.0 Å². The Kier molecular flexibility index (Phi) is 4.01. The SMILES string of the molecule is COC1(CNC(=O)C(=O)NN)CCOC1. The van der Waals surface area contributed by atoms with Crippen molar-refractivity contribution in [1.29, 1.82) is 0 Å². The molecule has 0 aromatic carbocycles. The van der Waals surface area contributed by atoms with Crippen LogP contribution in [0.15, 0.2) is 0 Å². The maximum Gasteiger partial charge on any atom is 0.323 e. The number of nitrogens with two attached hydrogens (primary N) is 1. The van der Waals surface area contributed by atoms with Gasteiger partial charge in [-0.15, -0.1) is 0 Å². The van der Waals surface area contributed by atoms with E-state index in [1.54, 1.807) is 12.5 Å². The molecular formula is C8H15N3O4. The van der Waals surface area contributed by atoms with E-state index in [0.717, 1.165) is 0 Å². The second-order valence-electron chi connectivity index (χ2n) is 3.35. The van der Waals surface area contributed by atoms with Crippen LogP contribution < -0.4 is 16.6 Å². The lowest BCUT2D eigenvalue weighted by atomic mass is 10.0. The zero-order valence-corrected chi connectivity index (χ0v) is 8.54. The second kappa shape index (κ2) is 5.06. The fourth-order valence-corrected chi connectivity index (χ4v) is 1.35. The van der Waals surface area contributed by atoms with E-state index in [4.69, 9.17) is 15.3 Å². The largest absolute Gasteiger partial charge is 0.378 e. The van der Waals surface area contributed by atoms with E-state index in [0.29, 0.717) is 19.6 Å². The Hall–Kier alpha value is -1.18. The molecule has 0 bridgehead atoms. The van der Waals surface area contributed by atoms with Crippen LogP contribution in [0, 0.1) is 0 Å². The normalized spacial score (nSPS) is 24.9. The van der Waals surface area contributed by atoms with Crippen LogP contribution in [0.2, 0.25) is 0 Å². The maximum absolute atomic E-state index is 11.1. The van der Waals surface area contributed by atoms with Crippen molar-refractivity contribution < 1.29 is 19.1 Å². The predicted molar refractivity (Wildman–Crippen MR) is 50.5 cm³/mol. The summed E-state index contributed by atoms with van der Waals surface area (Å²) in [7, 11) is 1.55. The predicted octanol–water partition coefficient (Wildman–Crippen LogP) is -2.10. The highest BCUT2D eigenvalue weighted by molar-refractivity contribution is 6.34. The number of rotatable bonds is 3. The Morgan fingerprint density at radius 2 is 2.27 bits per heavy atom. The number of amides is 2. The molecule has 7 heteroatoms. The summed E-state index contributed by atoms with van der Waals surface area (Å²) in [6, 6.07) is 0. The Bertz CT molecular complexity index is 250. The molecule has 1 aliphatic rings. The van der Waals surface area contributed by atoms with Crippen LogP contribution in [0.3, 0.4) is 0 Å². The minimum Gasteiger partial charge on any atom is -0.378 e. The van der Waals surface area contributed by atoms with Gasteiger partial charge in [-0.05, 0) is 0 Å². The molecule has 1 heterocycles. The van der Waals surface area contributed by atoms with Crippen LogP contribution in [0.5, 0.6) is 0 Å². The minimum atomic E-state index is -0.875. The van der Waals surface area contributed by atoms with Gasteiger partial charge in [0.2, 0.25) is 0 Å². The smallest absolute Gasteiger partial charge is 0.323 e. The Labute approximate surface area is 87.2 Å². The summed E-state index contributed by atoms with van der Waals surface area (Å²) >= 11 is 0. The van der Waals surface area contributed by atoms with Crippen molar-refractivity contribution in [1.82, 2.24) is 10.7 Å². The Morgan fingerprint density at radius 1 is 1.53 bits per heavy atom. The first-order chi connectivity index (χ1) is 7.13.